The first kappa shape index (κ1) is 12.3. The number of nitrogens with zero attached hydrogens (tertiary/aromatic N) is 1. The molecular weight excluding hydrogens is 252 g/mol. The Balaban J connectivity index is 1.89. The fourth-order valence-electron chi connectivity index (χ4n) is 2.23. The summed E-state index contributed by atoms with van der Waals surface area (Å²) in [6.07, 6.45) is 0.956. The van der Waals surface area contributed by atoms with E-state index >= 15 is 0 Å². The van der Waals surface area contributed by atoms with Crippen LogP contribution in [-0.4, -0.2) is 11.5 Å². The Morgan fingerprint density at radius 3 is 2.47 bits per heavy atom. The van der Waals surface area contributed by atoms with Crippen molar-refractivity contribution in [2.75, 3.05) is 6.54 Å². The zero-order chi connectivity index (χ0) is 13.1. The SMILES string of the molecule is NCC(Cc1ccccc1)c1nc2ccccc2s1. The summed E-state index contributed by atoms with van der Waals surface area (Å²) in [6.45, 7) is 0.634. The van der Waals surface area contributed by atoms with Crippen LogP contribution in [0.15, 0.2) is 54.6 Å². The molecule has 19 heavy (non-hydrogen) atoms. The Morgan fingerprint density at radius 1 is 1.00 bits per heavy atom. The lowest BCUT2D eigenvalue weighted by Crippen LogP contribution is -2.14. The van der Waals surface area contributed by atoms with Gasteiger partial charge in [-0.15, -0.1) is 11.3 Å². The molecule has 0 saturated carbocycles. The molecule has 2 aromatic carbocycles. The molecule has 1 aromatic heterocycles. The average molecular weight is 268 g/mol. The second kappa shape index (κ2) is 5.51. The topological polar surface area (TPSA) is 38.9 Å². The maximum atomic E-state index is 5.94. The molecule has 96 valence electrons. The molecule has 1 unspecified atom stereocenters. The quantitative estimate of drug-likeness (QED) is 0.785. The molecule has 0 radical (unpaired) electrons. The average Bonchev–Trinajstić information content (AvgIpc) is 2.89. The Bertz CT molecular complexity index is 628. The smallest absolute Gasteiger partial charge is 0.0985 e. The monoisotopic (exact) mass is 268 g/mol. The molecule has 0 aliphatic rings. The lowest BCUT2D eigenvalue weighted by molar-refractivity contribution is 0.690. The highest BCUT2D eigenvalue weighted by Crippen LogP contribution is 2.29. The lowest BCUT2D eigenvalue weighted by atomic mass is 10.0. The summed E-state index contributed by atoms with van der Waals surface area (Å²) in [5.41, 5.74) is 8.34. The zero-order valence-electron chi connectivity index (χ0n) is 10.6. The highest BCUT2D eigenvalue weighted by Gasteiger charge is 2.15. The molecule has 0 bridgehead atoms. The molecule has 1 heterocycles. The largest absolute Gasteiger partial charge is 0.330 e. The Kier molecular flexibility index (Phi) is 3.58. The number of hydrogen-bond donors (Lipinski definition) is 1. The standard InChI is InChI=1S/C16H16N2S/c17-11-13(10-12-6-2-1-3-7-12)16-18-14-8-4-5-9-15(14)19-16/h1-9,13H,10-11,17H2. The predicted octanol–water partition coefficient (Wildman–Crippen LogP) is 3.58. The van der Waals surface area contributed by atoms with Gasteiger partial charge in [-0.05, 0) is 24.1 Å². The van der Waals surface area contributed by atoms with Crippen LogP contribution in [0.5, 0.6) is 0 Å². The van der Waals surface area contributed by atoms with Crippen molar-refractivity contribution in [1.82, 2.24) is 4.98 Å². The van der Waals surface area contributed by atoms with E-state index in [0.29, 0.717) is 12.5 Å². The number of thiazole rings is 1. The van der Waals surface area contributed by atoms with E-state index in [1.807, 2.05) is 12.1 Å². The number of benzene rings is 2. The van der Waals surface area contributed by atoms with Gasteiger partial charge >= 0.3 is 0 Å². The molecule has 3 aromatic rings. The van der Waals surface area contributed by atoms with Crippen molar-refractivity contribution in [3.05, 3.63) is 65.2 Å². The minimum atomic E-state index is 0.305. The van der Waals surface area contributed by atoms with Gasteiger partial charge in [0.05, 0.1) is 15.2 Å². The fourth-order valence-corrected chi connectivity index (χ4v) is 3.32. The Hall–Kier alpha value is -1.71. The number of aromatic nitrogens is 1. The summed E-state index contributed by atoms with van der Waals surface area (Å²) in [5.74, 6) is 0.305. The van der Waals surface area contributed by atoms with Crippen LogP contribution in [0.3, 0.4) is 0 Å². The summed E-state index contributed by atoms with van der Waals surface area (Å²) < 4.78 is 1.24. The van der Waals surface area contributed by atoms with Crippen LogP contribution in [0.4, 0.5) is 0 Å². The Morgan fingerprint density at radius 2 is 1.74 bits per heavy atom. The summed E-state index contributed by atoms with van der Waals surface area (Å²) >= 11 is 1.76. The van der Waals surface area contributed by atoms with Crippen LogP contribution in [0.1, 0.15) is 16.5 Å². The van der Waals surface area contributed by atoms with Crippen molar-refractivity contribution >= 4 is 21.6 Å². The van der Waals surface area contributed by atoms with E-state index in [1.165, 1.54) is 10.3 Å². The van der Waals surface area contributed by atoms with Crippen LogP contribution in [0.2, 0.25) is 0 Å². The molecule has 0 spiro atoms. The molecule has 2 nitrogen and oxygen atoms in total. The molecule has 3 heteroatoms. The molecule has 1 atom stereocenters. The lowest BCUT2D eigenvalue weighted by Gasteiger charge is -2.11. The van der Waals surface area contributed by atoms with Gasteiger partial charge in [0.1, 0.15) is 0 Å². The van der Waals surface area contributed by atoms with Crippen molar-refractivity contribution in [3.8, 4) is 0 Å². The molecule has 0 aliphatic carbocycles. The first-order chi connectivity index (χ1) is 9.36. The van der Waals surface area contributed by atoms with Crippen molar-refractivity contribution in [2.24, 2.45) is 5.73 Å². The van der Waals surface area contributed by atoms with Crippen LogP contribution >= 0.6 is 11.3 Å². The first-order valence-corrected chi connectivity index (χ1v) is 7.28. The van der Waals surface area contributed by atoms with Gasteiger partial charge in [0, 0.05) is 12.5 Å². The van der Waals surface area contributed by atoms with E-state index in [2.05, 4.69) is 42.5 Å². The predicted molar refractivity (Wildman–Crippen MR) is 81.6 cm³/mol. The van der Waals surface area contributed by atoms with E-state index in [4.69, 9.17) is 10.7 Å². The molecule has 0 fully saturated rings. The van der Waals surface area contributed by atoms with E-state index in [9.17, 15) is 0 Å². The highest BCUT2D eigenvalue weighted by atomic mass is 32.1. The van der Waals surface area contributed by atoms with Gasteiger partial charge in [-0.3, -0.25) is 0 Å². The van der Waals surface area contributed by atoms with Gasteiger partial charge in [-0.25, -0.2) is 4.98 Å². The third-order valence-electron chi connectivity index (χ3n) is 3.27. The van der Waals surface area contributed by atoms with Crippen molar-refractivity contribution in [1.29, 1.82) is 0 Å². The fraction of sp³-hybridized carbons (Fsp3) is 0.188. The zero-order valence-corrected chi connectivity index (χ0v) is 11.4. The summed E-state index contributed by atoms with van der Waals surface area (Å²) in [5, 5.41) is 1.15. The maximum Gasteiger partial charge on any atom is 0.0985 e. The van der Waals surface area contributed by atoms with E-state index in [-0.39, 0.29) is 0 Å². The number of fused-ring (bicyclic) bond motifs is 1. The molecule has 2 N–H and O–H groups in total. The maximum absolute atomic E-state index is 5.94. The number of nitrogens with two attached hydrogens (primary N) is 1. The number of rotatable bonds is 4. The third kappa shape index (κ3) is 2.67. The second-order valence-corrected chi connectivity index (χ2v) is 5.70. The number of para-hydroxylation sites is 1. The molecular formula is C16H16N2S. The highest BCUT2D eigenvalue weighted by molar-refractivity contribution is 7.18. The molecule has 3 rings (SSSR count). The summed E-state index contributed by atoms with van der Waals surface area (Å²) in [7, 11) is 0. The van der Waals surface area contributed by atoms with Crippen molar-refractivity contribution in [2.45, 2.75) is 12.3 Å². The third-order valence-corrected chi connectivity index (χ3v) is 4.47. The summed E-state index contributed by atoms with van der Waals surface area (Å²) in [4.78, 5) is 4.72. The van der Waals surface area contributed by atoms with Crippen LogP contribution < -0.4 is 5.73 Å². The minimum Gasteiger partial charge on any atom is -0.330 e. The molecule has 0 aliphatic heterocycles. The summed E-state index contributed by atoms with van der Waals surface area (Å²) in [6, 6.07) is 18.7. The normalized spacial score (nSPS) is 12.7. The molecule has 0 amide bonds. The van der Waals surface area contributed by atoms with E-state index in [0.717, 1.165) is 16.9 Å². The van der Waals surface area contributed by atoms with Crippen LogP contribution in [0.25, 0.3) is 10.2 Å². The van der Waals surface area contributed by atoms with Crippen molar-refractivity contribution in [3.63, 3.8) is 0 Å². The Labute approximate surface area is 116 Å². The van der Waals surface area contributed by atoms with E-state index < -0.39 is 0 Å². The van der Waals surface area contributed by atoms with Gasteiger partial charge in [0.25, 0.3) is 0 Å². The van der Waals surface area contributed by atoms with Crippen molar-refractivity contribution < 1.29 is 0 Å². The first-order valence-electron chi connectivity index (χ1n) is 6.46. The second-order valence-electron chi connectivity index (χ2n) is 4.64. The van der Waals surface area contributed by atoms with Gasteiger partial charge in [-0.2, -0.15) is 0 Å². The van der Waals surface area contributed by atoms with Gasteiger partial charge in [0.2, 0.25) is 0 Å². The van der Waals surface area contributed by atoms with Gasteiger partial charge in [0.15, 0.2) is 0 Å². The van der Waals surface area contributed by atoms with Crippen LogP contribution in [-0.2, 0) is 6.42 Å². The molecule has 0 saturated heterocycles. The van der Waals surface area contributed by atoms with Gasteiger partial charge in [-0.1, -0.05) is 42.5 Å². The van der Waals surface area contributed by atoms with Gasteiger partial charge < -0.3 is 5.73 Å². The van der Waals surface area contributed by atoms with E-state index in [1.54, 1.807) is 11.3 Å². The number of hydrogen-bond acceptors (Lipinski definition) is 3. The van der Waals surface area contributed by atoms with Crippen LogP contribution in [0, 0.1) is 0 Å². The minimum absolute atomic E-state index is 0.305.